The van der Waals surface area contributed by atoms with E-state index in [2.05, 4.69) is 10.6 Å². The van der Waals surface area contributed by atoms with E-state index in [4.69, 9.17) is 14.5 Å². The van der Waals surface area contributed by atoms with Crippen molar-refractivity contribution in [2.45, 2.75) is 45.1 Å². The number of hydrogen-bond acceptors (Lipinski definition) is 4. The number of fused-ring (bicyclic) bond motifs is 1. The van der Waals surface area contributed by atoms with Crippen molar-refractivity contribution in [3.63, 3.8) is 0 Å². The summed E-state index contributed by atoms with van der Waals surface area (Å²) in [6, 6.07) is 7.92. The molecule has 4 rings (SSSR count). The number of pyridine rings is 1. The second kappa shape index (κ2) is 9.11. The van der Waals surface area contributed by atoms with E-state index in [9.17, 15) is 13.6 Å². The molecule has 1 fully saturated rings. The molecule has 3 heterocycles. The van der Waals surface area contributed by atoms with Crippen molar-refractivity contribution < 1.29 is 18.3 Å². The molecule has 172 valence electrons. The van der Waals surface area contributed by atoms with Crippen LogP contribution >= 0.6 is 0 Å². The van der Waals surface area contributed by atoms with Crippen molar-refractivity contribution in [2.75, 3.05) is 26.4 Å². The highest BCUT2D eigenvalue weighted by Gasteiger charge is 2.24. The average Bonchev–Trinajstić information content (AvgIpc) is 3.12. The number of nitrogens with zero attached hydrogens (tertiary/aromatic N) is 3. The van der Waals surface area contributed by atoms with Crippen LogP contribution in [0.4, 0.5) is 8.78 Å². The van der Waals surface area contributed by atoms with E-state index in [1.54, 1.807) is 18.5 Å². The van der Waals surface area contributed by atoms with Crippen molar-refractivity contribution in [2.24, 2.45) is 7.05 Å². The van der Waals surface area contributed by atoms with Crippen LogP contribution in [-0.2, 0) is 23.1 Å². The highest BCUT2D eigenvalue weighted by Crippen LogP contribution is 2.31. The smallest absolute Gasteiger partial charge is 0.268 e. The summed E-state index contributed by atoms with van der Waals surface area (Å²) in [5.74, 6) is -1.65. The van der Waals surface area contributed by atoms with Gasteiger partial charge in [-0.25, -0.2) is 13.8 Å². The fourth-order valence-corrected chi connectivity index (χ4v) is 4.27. The Labute approximate surface area is 185 Å². The predicted molar refractivity (Wildman–Crippen MR) is 119 cm³/mol. The van der Waals surface area contributed by atoms with Crippen LogP contribution in [0, 0.1) is 6.92 Å². The zero-order valence-electron chi connectivity index (χ0n) is 18.7. The second-order valence-electron chi connectivity index (χ2n) is 8.66. The Balaban J connectivity index is 1.72. The van der Waals surface area contributed by atoms with Crippen LogP contribution in [-0.4, -0.2) is 46.5 Å². The van der Waals surface area contributed by atoms with Gasteiger partial charge in [0.15, 0.2) is 0 Å². The van der Waals surface area contributed by atoms with Crippen molar-refractivity contribution >= 4 is 11.0 Å². The molecule has 1 aliphatic rings. The minimum atomic E-state index is -2.85. The molecule has 0 aliphatic carbocycles. The standard InChI is InChI=1S/C24H29F2N3O3/c1-16-12-19(14-28(3)23(16)30)18-4-5-20-21(13-18)29(8-11-32-15-24(2,25)26)22(27-20)17-6-9-31-10-7-17/h4-5,12-14,17H,6-11,15H2,1-3H3. The van der Waals surface area contributed by atoms with Gasteiger partial charge in [-0.15, -0.1) is 0 Å². The van der Waals surface area contributed by atoms with Crippen LogP contribution in [0.15, 0.2) is 35.3 Å². The molecule has 0 bridgehead atoms. The first-order chi connectivity index (χ1) is 15.2. The van der Waals surface area contributed by atoms with Gasteiger partial charge >= 0.3 is 0 Å². The number of rotatable bonds is 7. The molecule has 6 nitrogen and oxygen atoms in total. The summed E-state index contributed by atoms with van der Waals surface area (Å²) < 4.78 is 40.8. The summed E-state index contributed by atoms with van der Waals surface area (Å²) in [6.07, 6.45) is 3.58. The van der Waals surface area contributed by atoms with Crippen LogP contribution in [0.1, 0.15) is 37.1 Å². The number of imidazole rings is 1. The van der Waals surface area contributed by atoms with Crippen LogP contribution in [0.25, 0.3) is 22.2 Å². The van der Waals surface area contributed by atoms with Gasteiger partial charge in [-0.3, -0.25) is 4.79 Å². The number of halogens is 2. The lowest BCUT2D eigenvalue weighted by molar-refractivity contribution is -0.0636. The van der Waals surface area contributed by atoms with Crippen molar-refractivity contribution in [1.82, 2.24) is 14.1 Å². The lowest BCUT2D eigenvalue weighted by Crippen LogP contribution is -2.22. The maximum atomic E-state index is 13.2. The molecule has 0 unspecified atom stereocenters. The molecule has 32 heavy (non-hydrogen) atoms. The average molecular weight is 446 g/mol. The molecule has 0 spiro atoms. The molecular formula is C24H29F2N3O3. The SMILES string of the molecule is Cc1cc(-c2ccc3nc(C4CCOCC4)n(CCOCC(C)(F)F)c3c2)cn(C)c1=O. The van der Waals surface area contributed by atoms with Crippen molar-refractivity contribution in [3.05, 3.63) is 52.2 Å². The summed E-state index contributed by atoms with van der Waals surface area (Å²) in [6.45, 7) is 4.05. The van der Waals surface area contributed by atoms with Gasteiger partial charge in [0.25, 0.3) is 11.5 Å². The number of alkyl halides is 2. The first-order valence-corrected chi connectivity index (χ1v) is 10.9. The third-order valence-corrected chi connectivity index (χ3v) is 5.87. The quantitative estimate of drug-likeness (QED) is 0.510. The van der Waals surface area contributed by atoms with E-state index < -0.39 is 12.5 Å². The van der Waals surface area contributed by atoms with E-state index in [0.29, 0.717) is 25.3 Å². The summed E-state index contributed by atoms with van der Waals surface area (Å²) in [5.41, 5.74) is 4.35. The van der Waals surface area contributed by atoms with E-state index >= 15 is 0 Å². The molecule has 1 saturated heterocycles. The topological polar surface area (TPSA) is 58.3 Å². The highest BCUT2D eigenvalue weighted by atomic mass is 19.3. The Morgan fingerprint density at radius 3 is 2.66 bits per heavy atom. The zero-order valence-corrected chi connectivity index (χ0v) is 18.7. The molecular weight excluding hydrogens is 416 g/mol. The first kappa shape index (κ1) is 22.6. The lowest BCUT2D eigenvalue weighted by atomic mass is 9.99. The van der Waals surface area contributed by atoms with E-state index in [0.717, 1.165) is 47.8 Å². The predicted octanol–water partition coefficient (Wildman–Crippen LogP) is 4.28. The number of hydrogen-bond donors (Lipinski definition) is 0. The second-order valence-corrected chi connectivity index (χ2v) is 8.66. The van der Waals surface area contributed by atoms with Crippen molar-refractivity contribution in [1.29, 1.82) is 0 Å². The van der Waals surface area contributed by atoms with E-state index in [1.807, 2.05) is 24.4 Å². The van der Waals surface area contributed by atoms with E-state index in [-0.39, 0.29) is 18.1 Å². The first-order valence-electron chi connectivity index (χ1n) is 10.9. The highest BCUT2D eigenvalue weighted by molar-refractivity contribution is 5.82. The van der Waals surface area contributed by atoms with Gasteiger partial charge in [0.1, 0.15) is 12.4 Å². The third-order valence-electron chi connectivity index (χ3n) is 5.87. The molecule has 0 amide bonds. The molecule has 0 atom stereocenters. The number of benzene rings is 1. The summed E-state index contributed by atoms with van der Waals surface area (Å²) in [4.78, 5) is 17.0. The molecule has 1 aromatic carbocycles. The van der Waals surface area contributed by atoms with Gasteiger partial charge in [-0.1, -0.05) is 6.07 Å². The molecule has 0 radical (unpaired) electrons. The van der Waals surface area contributed by atoms with Gasteiger partial charge in [-0.2, -0.15) is 0 Å². The number of aryl methyl sites for hydroxylation is 2. The molecule has 2 aromatic heterocycles. The third kappa shape index (κ3) is 4.91. The van der Waals surface area contributed by atoms with E-state index in [1.165, 1.54) is 0 Å². The van der Waals surface area contributed by atoms with Crippen LogP contribution in [0.5, 0.6) is 0 Å². The largest absolute Gasteiger partial charge is 0.381 e. The van der Waals surface area contributed by atoms with Crippen molar-refractivity contribution in [3.8, 4) is 11.1 Å². The normalized spacial score (nSPS) is 15.5. The molecule has 0 saturated carbocycles. The Morgan fingerprint density at radius 2 is 1.97 bits per heavy atom. The van der Waals surface area contributed by atoms with Crippen LogP contribution in [0.3, 0.4) is 0 Å². The van der Waals surface area contributed by atoms with Gasteiger partial charge in [-0.05, 0) is 49.1 Å². The Bertz CT molecular complexity index is 1130. The fourth-order valence-electron chi connectivity index (χ4n) is 4.27. The fraction of sp³-hybridized carbons (Fsp3) is 0.500. The molecule has 0 N–H and O–H groups in total. The minimum absolute atomic E-state index is 0.0217. The zero-order chi connectivity index (χ0) is 22.9. The summed E-state index contributed by atoms with van der Waals surface area (Å²) in [5, 5.41) is 0. The molecule has 3 aromatic rings. The maximum Gasteiger partial charge on any atom is 0.268 e. The van der Waals surface area contributed by atoms with Crippen LogP contribution in [0.2, 0.25) is 0 Å². The number of ether oxygens (including phenoxy) is 2. The summed E-state index contributed by atoms with van der Waals surface area (Å²) >= 11 is 0. The summed E-state index contributed by atoms with van der Waals surface area (Å²) in [7, 11) is 1.74. The van der Waals surface area contributed by atoms with Gasteiger partial charge < -0.3 is 18.6 Å². The Kier molecular flexibility index (Phi) is 6.44. The minimum Gasteiger partial charge on any atom is -0.381 e. The van der Waals surface area contributed by atoms with Gasteiger partial charge in [0.05, 0.1) is 17.6 Å². The molecule has 8 heteroatoms. The number of aromatic nitrogens is 3. The Morgan fingerprint density at radius 1 is 1.22 bits per heavy atom. The van der Waals surface area contributed by atoms with Gasteiger partial charge in [0, 0.05) is 51.4 Å². The monoisotopic (exact) mass is 445 g/mol. The Hall–Kier alpha value is -2.58. The lowest BCUT2D eigenvalue weighted by Gasteiger charge is -2.23. The van der Waals surface area contributed by atoms with Crippen LogP contribution < -0.4 is 5.56 Å². The molecule has 1 aliphatic heterocycles. The van der Waals surface area contributed by atoms with Gasteiger partial charge in [0.2, 0.25) is 0 Å². The maximum absolute atomic E-state index is 13.2.